The van der Waals surface area contributed by atoms with E-state index in [-0.39, 0.29) is 24.0 Å². The zero-order valence-corrected chi connectivity index (χ0v) is 17.5. The first kappa shape index (κ1) is 20.8. The summed E-state index contributed by atoms with van der Waals surface area (Å²) in [4.78, 5) is 28.1. The Morgan fingerprint density at radius 2 is 1.72 bits per heavy atom. The normalized spacial score (nSPS) is 13.7. The molecule has 0 spiro atoms. The lowest BCUT2D eigenvalue weighted by atomic mass is 10.0. The lowest BCUT2D eigenvalue weighted by Gasteiger charge is -2.28. The van der Waals surface area contributed by atoms with E-state index < -0.39 is 15.9 Å². The molecule has 154 valence electrons. The van der Waals surface area contributed by atoms with Gasteiger partial charge in [0.15, 0.2) is 6.61 Å². The predicted molar refractivity (Wildman–Crippen MR) is 108 cm³/mol. The van der Waals surface area contributed by atoms with Crippen LogP contribution in [0, 0.1) is 27.7 Å². The van der Waals surface area contributed by atoms with Crippen molar-refractivity contribution in [3.8, 4) is 5.75 Å². The van der Waals surface area contributed by atoms with E-state index in [9.17, 15) is 18.0 Å². The SMILES string of the molecule is Cc1cc(C)c(C)c(S(=O)(=O)NNC(=O)CN2C(=O)COc3ccccc32)c1C. The van der Waals surface area contributed by atoms with Gasteiger partial charge >= 0.3 is 0 Å². The molecule has 2 aromatic carbocycles. The van der Waals surface area contributed by atoms with Crippen molar-refractivity contribution in [2.45, 2.75) is 32.6 Å². The summed E-state index contributed by atoms with van der Waals surface area (Å²) >= 11 is 0. The molecule has 0 aliphatic carbocycles. The molecule has 0 fully saturated rings. The molecule has 0 saturated heterocycles. The number of hydrazine groups is 1. The van der Waals surface area contributed by atoms with Crippen LogP contribution >= 0.6 is 0 Å². The van der Waals surface area contributed by atoms with E-state index in [0.717, 1.165) is 11.1 Å². The van der Waals surface area contributed by atoms with Gasteiger partial charge in [-0.05, 0) is 62.1 Å². The van der Waals surface area contributed by atoms with Crippen molar-refractivity contribution in [3.63, 3.8) is 0 Å². The number of ether oxygens (including phenoxy) is 1. The Kier molecular flexibility index (Phi) is 5.63. The van der Waals surface area contributed by atoms with Gasteiger partial charge in [0.1, 0.15) is 12.3 Å². The molecule has 2 aromatic rings. The Bertz CT molecular complexity index is 1070. The van der Waals surface area contributed by atoms with Crippen LogP contribution in [0.2, 0.25) is 0 Å². The molecule has 0 atom stereocenters. The molecule has 0 unspecified atom stereocenters. The number of nitrogens with one attached hydrogen (secondary N) is 2. The summed E-state index contributed by atoms with van der Waals surface area (Å²) < 4.78 is 31.0. The number of aryl methyl sites for hydroxylation is 2. The van der Waals surface area contributed by atoms with Crippen LogP contribution in [-0.4, -0.2) is 33.4 Å². The van der Waals surface area contributed by atoms with Crippen molar-refractivity contribution >= 4 is 27.5 Å². The van der Waals surface area contributed by atoms with E-state index in [0.29, 0.717) is 22.6 Å². The fourth-order valence-corrected chi connectivity index (χ4v) is 4.75. The van der Waals surface area contributed by atoms with Crippen LogP contribution in [0.3, 0.4) is 0 Å². The zero-order valence-electron chi connectivity index (χ0n) is 16.7. The molecule has 2 amide bonds. The van der Waals surface area contributed by atoms with Crippen molar-refractivity contribution in [1.29, 1.82) is 0 Å². The van der Waals surface area contributed by atoms with Gasteiger partial charge < -0.3 is 4.74 Å². The third-order valence-electron chi connectivity index (χ3n) is 5.00. The molecule has 1 aliphatic rings. The molecular formula is C20H23N3O5S. The zero-order chi connectivity index (χ0) is 21.3. The maximum Gasteiger partial charge on any atom is 0.265 e. The fourth-order valence-electron chi connectivity index (χ4n) is 3.27. The van der Waals surface area contributed by atoms with Gasteiger partial charge in [-0.25, -0.2) is 8.42 Å². The summed E-state index contributed by atoms with van der Waals surface area (Å²) in [6.45, 7) is 6.59. The lowest BCUT2D eigenvalue weighted by molar-refractivity contribution is -0.125. The molecule has 9 heteroatoms. The highest BCUT2D eigenvalue weighted by Crippen LogP contribution is 2.31. The summed E-state index contributed by atoms with van der Waals surface area (Å²) in [5.41, 5.74) is 5.58. The Morgan fingerprint density at radius 1 is 1.10 bits per heavy atom. The number of carbonyl (C=O) groups is 2. The Balaban J connectivity index is 1.76. The largest absolute Gasteiger partial charge is 0.482 e. The summed E-state index contributed by atoms with van der Waals surface area (Å²) in [5.74, 6) is -0.567. The topological polar surface area (TPSA) is 105 Å². The van der Waals surface area contributed by atoms with Crippen LogP contribution in [0.25, 0.3) is 0 Å². The molecule has 0 aromatic heterocycles. The summed E-state index contributed by atoms with van der Waals surface area (Å²) in [5, 5.41) is 0. The molecular weight excluding hydrogens is 394 g/mol. The number of sulfonamides is 1. The van der Waals surface area contributed by atoms with E-state index in [1.165, 1.54) is 4.90 Å². The van der Waals surface area contributed by atoms with Crippen molar-refractivity contribution < 1.29 is 22.7 Å². The van der Waals surface area contributed by atoms with Gasteiger partial charge in [-0.3, -0.25) is 19.9 Å². The summed E-state index contributed by atoms with van der Waals surface area (Å²) in [7, 11) is -3.99. The van der Waals surface area contributed by atoms with Crippen molar-refractivity contribution in [3.05, 3.63) is 52.6 Å². The van der Waals surface area contributed by atoms with E-state index in [1.807, 2.05) is 19.9 Å². The fraction of sp³-hybridized carbons (Fsp3) is 0.300. The average Bonchev–Trinajstić information content (AvgIpc) is 2.67. The van der Waals surface area contributed by atoms with Crippen LogP contribution < -0.4 is 19.9 Å². The van der Waals surface area contributed by atoms with Crippen LogP contribution in [-0.2, 0) is 19.6 Å². The van der Waals surface area contributed by atoms with Crippen molar-refractivity contribution in [2.75, 3.05) is 18.1 Å². The number of benzene rings is 2. The third kappa shape index (κ3) is 4.10. The van der Waals surface area contributed by atoms with Gasteiger partial charge in [-0.2, -0.15) is 0 Å². The van der Waals surface area contributed by atoms with Gasteiger partial charge in [0.25, 0.3) is 21.8 Å². The number of hydrogen-bond donors (Lipinski definition) is 2. The number of nitrogens with zero attached hydrogens (tertiary/aromatic N) is 1. The number of rotatable bonds is 5. The van der Waals surface area contributed by atoms with Crippen LogP contribution in [0.5, 0.6) is 5.75 Å². The molecule has 8 nitrogen and oxygen atoms in total. The number of anilines is 1. The minimum Gasteiger partial charge on any atom is -0.482 e. The van der Waals surface area contributed by atoms with Gasteiger partial charge in [0.2, 0.25) is 0 Å². The maximum atomic E-state index is 12.8. The second-order valence-electron chi connectivity index (χ2n) is 6.98. The smallest absolute Gasteiger partial charge is 0.265 e. The second-order valence-corrected chi connectivity index (χ2v) is 8.60. The van der Waals surface area contributed by atoms with E-state index in [2.05, 4.69) is 10.3 Å². The average molecular weight is 417 g/mol. The summed E-state index contributed by atoms with van der Waals surface area (Å²) in [6.07, 6.45) is 0. The monoisotopic (exact) mass is 417 g/mol. The molecule has 0 bridgehead atoms. The Morgan fingerprint density at radius 3 is 2.38 bits per heavy atom. The molecule has 3 rings (SSSR count). The van der Waals surface area contributed by atoms with E-state index in [4.69, 9.17) is 4.74 Å². The number of fused-ring (bicyclic) bond motifs is 1. The van der Waals surface area contributed by atoms with Crippen LogP contribution in [0.15, 0.2) is 35.2 Å². The van der Waals surface area contributed by atoms with Gasteiger partial charge in [-0.15, -0.1) is 4.83 Å². The van der Waals surface area contributed by atoms with Crippen molar-refractivity contribution in [1.82, 2.24) is 10.3 Å². The number of carbonyl (C=O) groups excluding carboxylic acids is 2. The van der Waals surface area contributed by atoms with Crippen molar-refractivity contribution in [2.24, 2.45) is 0 Å². The number of amides is 2. The molecule has 0 radical (unpaired) electrons. The number of hydrogen-bond acceptors (Lipinski definition) is 5. The molecule has 0 saturated carbocycles. The van der Waals surface area contributed by atoms with Gasteiger partial charge in [0.05, 0.1) is 10.6 Å². The highest BCUT2D eigenvalue weighted by Gasteiger charge is 2.28. The van der Waals surface area contributed by atoms with E-state index in [1.54, 1.807) is 38.1 Å². The van der Waals surface area contributed by atoms with Gasteiger partial charge in [-0.1, -0.05) is 18.2 Å². The highest BCUT2D eigenvalue weighted by molar-refractivity contribution is 7.89. The van der Waals surface area contributed by atoms with E-state index >= 15 is 0 Å². The first-order valence-corrected chi connectivity index (χ1v) is 10.5. The Hall–Kier alpha value is -2.91. The van der Waals surface area contributed by atoms with Crippen LogP contribution in [0.1, 0.15) is 22.3 Å². The molecule has 1 aliphatic heterocycles. The quantitative estimate of drug-likeness (QED) is 0.720. The minimum absolute atomic E-state index is 0.142. The third-order valence-corrected chi connectivity index (χ3v) is 6.52. The maximum absolute atomic E-state index is 12.8. The first-order valence-electron chi connectivity index (χ1n) is 9.02. The van der Waals surface area contributed by atoms with Gasteiger partial charge in [0, 0.05) is 0 Å². The minimum atomic E-state index is -3.99. The van der Waals surface area contributed by atoms with Crippen LogP contribution in [0.4, 0.5) is 5.69 Å². The molecule has 29 heavy (non-hydrogen) atoms. The summed E-state index contributed by atoms with van der Waals surface area (Å²) in [6, 6.07) is 8.76. The number of para-hydroxylation sites is 2. The predicted octanol–water partition coefficient (Wildman–Crippen LogP) is 1.66. The first-order chi connectivity index (χ1) is 13.6. The second kappa shape index (κ2) is 7.84. The standard InChI is InChI=1S/C20H23N3O5S/c1-12-9-13(2)15(4)20(14(12)3)29(26,27)22-21-18(24)10-23-16-7-5-6-8-17(16)28-11-19(23)25/h5-9,22H,10-11H2,1-4H3,(H,21,24). The molecule has 2 N–H and O–H groups in total. The highest BCUT2D eigenvalue weighted by atomic mass is 32.2. The molecule has 1 heterocycles. The Labute approximate surface area is 169 Å². The lowest BCUT2D eigenvalue weighted by Crippen LogP contribution is -2.49.